The molecule has 0 unspecified atom stereocenters. The van der Waals surface area contributed by atoms with Gasteiger partial charge in [-0.15, -0.1) is 0 Å². The average molecular weight is 270 g/mol. The van der Waals surface area contributed by atoms with Crippen molar-refractivity contribution in [1.29, 1.82) is 0 Å². The lowest BCUT2D eigenvalue weighted by atomic mass is 10.2. The van der Waals surface area contributed by atoms with Crippen LogP contribution in [-0.2, 0) is 16.1 Å². The maximum Gasteiger partial charge on any atom is 0.227 e. The molecule has 0 aromatic heterocycles. The number of ketones is 1. The van der Waals surface area contributed by atoms with Gasteiger partial charge in [-0.1, -0.05) is 28.1 Å². The molecule has 0 bridgehead atoms. The first-order valence-electron chi connectivity index (χ1n) is 4.58. The molecule has 1 rings (SSSR count). The van der Waals surface area contributed by atoms with Crippen molar-refractivity contribution in [3.05, 3.63) is 34.3 Å². The zero-order valence-electron chi connectivity index (χ0n) is 8.42. The van der Waals surface area contributed by atoms with Gasteiger partial charge in [-0.25, -0.2) is 0 Å². The van der Waals surface area contributed by atoms with Gasteiger partial charge in [0, 0.05) is 11.0 Å². The number of hydrogen-bond donors (Lipinski definition) is 1. The lowest BCUT2D eigenvalue weighted by molar-refractivity contribution is -0.127. The van der Waals surface area contributed by atoms with Crippen LogP contribution in [0.3, 0.4) is 0 Å². The van der Waals surface area contributed by atoms with Gasteiger partial charge >= 0.3 is 0 Å². The van der Waals surface area contributed by atoms with Gasteiger partial charge in [0.25, 0.3) is 0 Å². The van der Waals surface area contributed by atoms with E-state index in [-0.39, 0.29) is 18.1 Å². The molecule has 0 atom stereocenters. The molecule has 0 aliphatic rings. The third-order valence-electron chi connectivity index (χ3n) is 1.79. The van der Waals surface area contributed by atoms with Gasteiger partial charge in [0.2, 0.25) is 5.91 Å². The topological polar surface area (TPSA) is 46.2 Å². The zero-order chi connectivity index (χ0) is 11.3. The number of benzene rings is 1. The molecule has 0 spiro atoms. The van der Waals surface area contributed by atoms with Crippen LogP contribution < -0.4 is 5.32 Å². The van der Waals surface area contributed by atoms with Gasteiger partial charge in [0.1, 0.15) is 5.78 Å². The Kier molecular flexibility index (Phi) is 4.49. The minimum Gasteiger partial charge on any atom is -0.352 e. The summed E-state index contributed by atoms with van der Waals surface area (Å²) in [5.74, 6) is -0.357. The first-order valence-corrected chi connectivity index (χ1v) is 5.38. The highest BCUT2D eigenvalue weighted by Crippen LogP contribution is 2.11. The number of carbonyl (C=O) groups excluding carboxylic acids is 2. The Morgan fingerprint density at radius 3 is 2.73 bits per heavy atom. The molecule has 4 heteroatoms. The molecule has 0 aliphatic heterocycles. The number of amides is 1. The predicted molar refractivity (Wildman–Crippen MR) is 61.3 cm³/mol. The van der Waals surface area contributed by atoms with Crippen LogP contribution in [0, 0.1) is 0 Å². The van der Waals surface area contributed by atoms with Crippen molar-refractivity contribution in [3.8, 4) is 0 Å². The smallest absolute Gasteiger partial charge is 0.227 e. The molecule has 0 fully saturated rings. The molecule has 80 valence electrons. The van der Waals surface area contributed by atoms with Crippen molar-refractivity contribution in [2.45, 2.75) is 19.9 Å². The quantitative estimate of drug-likeness (QED) is 0.851. The SMILES string of the molecule is CC(=O)CC(=O)NCc1cccc(Br)c1. The van der Waals surface area contributed by atoms with Crippen molar-refractivity contribution in [2.24, 2.45) is 0 Å². The Labute approximate surface area is 97.0 Å². The second-order valence-corrected chi connectivity index (χ2v) is 4.20. The van der Waals surface area contributed by atoms with Crippen molar-refractivity contribution in [3.63, 3.8) is 0 Å². The van der Waals surface area contributed by atoms with Crippen LogP contribution in [0.2, 0.25) is 0 Å². The molecule has 1 aromatic carbocycles. The summed E-state index contributed by atoms with van der Waals surface area (Å²) in [7, 11) is 0. The van der Waals surface area contributed by atoms with Crippen LogP contribution in [0.5, 0.6) is 0 Å². The summed E-state index contributed by atoms with van der Waals surface area (Å²) in [4.78, 5) is 21.8. The first-order chi connectivity index (χ1) is 7.08. The van der Waals surface area contributed by atoms with Crippen LogP contribution in [0.25, 0.3) is 0 Å². The van der Waals surface area contributed by atoms with Crippen molar-refractivity contribution in [1.82, 2.24) is 5.32 Å². The van der Waals surface area contributed by atoms with E-state index in [0.717, 1.165) is 10.0 Å². The Morgan fingerprint density at radius 2 is 2.13 bits per heavy atom. The molecule has 1 aromatic rings. The van der Waals surface area contributed by atoms with Crippen molar-refractivity contribution < 1.29 is 9.59 Å². The monoisotopic (exact) mass is 269 g/mol. The number of nitrogens with one attached hydrogen (secondary N) is 1. The Balaban J connectivity index is 2.43. The summed E-state index contributed by atoms with van der Waals surface area (Å²) >= 11 is 3.34. The van der Waals surface area contributed by atoms with E-state index in [0.29, 0.717) is 6.54 Å². The minimum atomic E-state index is -0.234. The number of rotatable bonds is 4. The summed E-state index contributed by atoms with van der Waals surface area (Å²) < 4.78 is 0.973. The molecule has 0 radical (unpaired) electrons. The van der Waals surface area contributed by atoms with Gasteiger partial charge < -0.3 is 5.32 Å². The van der Waals surface area contributed by atoms with Gasteiger partial charge in [0.15, 0.2) is 0 Å². The number of hydrogen-bond acceptors (Lipinski definition) is 2. The standard InChI is InChI=1S/C11H12BrNO2/c1-8(14)5-11(15)13-7-9-3-2-4-10(12)6-9/h2-4,6H,5,7H2,1H3,(H,13,15). The highest BCUT2D eigenvalue weighted by atomic mass is 79.9. The molecule has 1 amide bonds. The average Bonchev–Trinajstić information content (AvgIpc) is 2.14. The molecular weight excluding hydrogens is 258 g/mol. The first kappa shape index (κ1) is 11.9. The van der Waals surface area contributed by atoms with E-state index in [2.05, 4.69) is 21.2 Å². The van der Waals surface area contributed by atoms with Gasteiger partial charge in [-0.3, -0.25) is 9.59 Å². The lowest BCUT2D eigenvalue weighted by Crippen LogP contribution is -2.24. The highest BCUT2D eigenvalue weighted by molar-refractivity contribution is 9.10. The fourth-order valence-corrected chi connectivity index (χ4v) is 1.58. The molecular formula is C11H12BrNO2. The van der Waals surface area contributed by atoms with Gasteiger partial charge in [-0.2, -0.15) is 0 Å². The normalized spacial score (nSPS) is 9.73. The van der Waals surface area contributed by atoms with Gasteiger partial charge in [-0.05, 0) is 24.6 Å². The summed E-state index contributed by atoms with van der Waals surface area (Å²) in [5.41, 5.74) is 1.00. The van der Waals surface area contributed by atoms with E-state index in [1.165, 1.54) is 6.92 Å². The molecule has 0 aliphatic carbocycles. The van der Waals surface area contributed by atoms with E-state index >= 15 is 0 Å². The van der Waals surface area contributed by atoms with Crippen LogP contribution in [0.15, 0.2) is 28.7 Å². The summed E-state index contributed by atoms with van der Waals surface area (Å²) in [6.45, 7) is 1.85. The second kappa shape index (κ2) is 5.66. The highest BCUT2D eigenvalue weighted by Gasteiger charge is 2.04. The van der Waals surface area contributed by atoms with Crippen LogP contribution >= 0.6 is 15.9 Å². The molecule has 0 saturated carbocycles. The second-order valence-electron chi connectivity index (χ2n) is 3.29. The maximum absolute atomic E-state index is 11.2. The number of carbonyl (C=O) groups is 2. The molecule has 15 heavy (non-hydrogen) atoms. The number of Topliss-reactive ketones (excluding diaryl/α,β-unsaturated/α-hetero) is 1. The summed E-state index contributed by atoms with van der Waals surface area (Å²) in [6.07, 6.45) is -0.0476. The zero-order valence-corrected chi connectivity index (χ0v) is 10.0. The van der Waals surface area contributed by atoms with E-state index < -0.39 is 0 Å². The van der Waals surface area contributed by atoms with Crippen LogP contribution in [-0.4, -0.2) is 11.7 Å². The van der Waals surface area contributed by atoms with Crippen molar-refractivity contribution in [2.75, 3.05) is 0 Å². The Hall–Kier alpha value is -1.16. The Morgan fingerprint density at radius 1 is 1.40 bits per heavy atom. The molecule has 1 N–H and O–H groups in total. The fraction of sp³-hybridized carbons (Fsp3) is 0.273. The predicted octanol–water partition coefficient (Wildman–Crippen LogP) is 2.04. The third-order valence-corrected chi connectivity index (χ3v) is 2.28. The van der Waals surface area contributed by atoms with Crippen LogP contribution in [0.1, 0.15) is 18.9 Å². The van der Waals surface area contributed by atoms with Crippen molar-refractivity contribution >= 4 is 27.6 Å². The van der Waals surface area contributed by atoms with E-state index in [1.807, 2.05) is 24.3 Å². The van der Waals surface area contributed by atoms with Gasteiger partial charge in [0.05, 0.1) is 6.42 Å². The summed E-state index contributed by atoms with van der Waals surface area (Å²) in [5, 5.41) is 2.68. The lowest BCUT2D eigenvalue weighted by Gasteiger charge is -2.04. The molecule has 0 heterocycles. The third kappa shape index (κ3) is 4.74. The molecule has 0 saturated heterocycles. The maximum atomic E-state index is 11.2. The summed E-state index contributed by atoms with van der Waals surface area (Å²) in [6, 6.07) is 7.66. The fourth-order valence-electron chi connectivity index (χ4n) is 1.14. The molecule has 3 nitrogen and oxygen atoms in total. The largest absolute Gasteiger partial charge is 0.352 e. The van der Waals surface area contributed by atoms with E-state index in [4.69, 9.17) is 0 Å². The minimum absolute atomic E-state index is 0.0476. The van der Waals surface area contributed by atoms with Crippen LogP contribution in [0.4, 0.5) is 0 Å². The number of halogens is 1. The van der Waals surface area contributed by atoms with E-state index in [1.54, 1.807) is 0 Å². The van der Waals surface area contributed by atoms with E-state index in [9.17, 15) is 9.59 Å². The Bertz CT molecular complexity index is 377.